The minimum Gasteiger partial charge on any atom is -0.309 e. The summed E-state index contributed by atoms with van der Waals surface area (Å²) in [7, 11) is 0. The number of aromatic nitrogens is 1. The number of hydrogen-bond acceptors (Lipinski definition) is 1. The van der Waals surface area contributed by atoms with Gasteiger partial charge in [0.05, 0.1) is 11.0 Å². The first-order valence-electron chi connectivity index (χ1n) is 21.9. The van der Waals surface area contributed by atoms with Gasteiger partial charge in [0, 0.05) is 36.6 Å². The molecule has 0 aliphatic rings. The summed E-state index contributed by atoms with van der Waals surface area (Å²) in [6, 6.07) is 88.5. The zero-order chi connectivity index (χ0) is 42.4. The van der Waals surface area contributed by atoms with Gasteiger partial charge >= 0.3 is 0 Å². The van der Waals surface area contributed by atoms with Crippen molar-refractivity contribution in [3.63, 3.8) is 0 Å². The van der Waals surface area contributed by atoms with Gasteiger partial charge < -0.3 is 4.57 Å². The molecular formula is C62H41NS. The van der Waals surface area contributed by atoms with Crippen molar-refractivity contribution in [2.24, 2.45) is 0 Å². The molecule has 0 amide bonds. The summed E-state index contributed by atoms with van der Waals surface area (Å²) in [5.41, 5.74) is 18.1. The van der Waals surface area contributed by atoms with Gasteiger partial charge in [-0.05, 0) is 134 Å². The van der Waals surface area contributed by atoms with Crippen LogP contribution in [0.1, 0.15) is 16.7 Å². The van der Waals surface area contributed by atoms with Gasteiger partial charge in [-0.3, -0.25) is 0 Å². The van der Waals surface area contributed by atoms with Gasteiger partial charge in [-0.1, -0.05) is 182 Å². The predicted octanol–water partition coefficient (Wildman–Crippen LogP) is 17.4. The van der Waals surface area contributed by atoms with E-state index in [9.17, 15) is 0 Å². The zero-order valence-electron chi connectivity index (χ0n) is 35.0. The number of benzene rings is 10. The van der Waals surface area contributed by atoms with E-state index in [1.165, 1.54) is 114 Å². The van der Waals surface area contributed by atoms with E-state index < -0.39 is 0 Å². The van der Waals surface area contributed by atoms with Crippen LogP contribution in [0.15, 0.2) is 243 Å². The highest BCUT2D eigenvalue weighted by atomic mass is 32.1. The summed E-state index contributed by atoms with van der Waals surface area (Å²) in [5.74, 6) is 0. The van der Waals surface area contributed by atoms with Crippen molar-refractivity contribution < 1.29 is 0 Å². The van der Waals surface area contributed by atoms with Crippen molar-refractivity contribution in [1.29, 1.82) is 0 Å². The number of thiophene rings is 1. The fourth-order valence-corrected chi connectivity index (χ4v) is 10.5. The van der Waals surface area contributed by atoms with Crippen LogP contribution in [0, 0.1) is 0 Å². The first kappa shape index (κ1) is 37.7. The molecule has 0 spiro atoms. The molecular weight excluding hydrogens is 791 g/mol. The maximum absolute atomic E-state index is 2.39. The van der Waals surface area contributed by atoms with Gasteiger partial charge in [-0.2, -0.15) is 0 Å². The van der Waals surface area contributed by atoms with Crippen molar-refractivity contribution in [3.8, 4) is 50.2 Å². The van der Waals surface area contributed by atoms with E-state index in [2.05, 4.69) is 253 Å². The van der Waals surface area contributed by atoms with E-state index in [-0.39, 0.29) is 0 Å². The molecule has 0 saturated heterocycles. The Bertz CT molecular complexity index is 3580. The van der Waals surface area contributed by atoms with Gasteiger partial charge in [-0.15, -0.1) is 11.3 Å². The SMILES string of the molecule is C(=C(c1ccc(-c2ccccc2)cc1)c1ccc(-c2ccccc2)cc1)c1ccc2sc3ccc(-c4cccc(-c5ccc6c(c5)c5ccccc5n6-c5ccccc5)c4)cc3c2c1. The fraction of sp³-hybridized carbons (Fsp3) is 0. The highest BCUT2D eigenvalue weighted by Gasteiger charge is 2.15. The summed E-state index contributed by atoms with van der Waals surface area (Å²) in [6.45, 7) is 0. The molecule has 12 rings (SSSR count). The number of rotatable bonds is 8. The molecule has 300 valence electrons. The first-order valence-corrected chi connectivity index (χ1v) is 22.7. The van der Waals surface area contributed by atoms with E-state index in [4.69, 9.17) is 0 Å². The Morgan fingerprint density at radius 1 is 0.312 bits per heavy atom. The number of hydrogen-bond donors (Lipinski definition) is 0. The monoisotopic (exact) mass is 831 g/mol. The molecule has 0 atom stereocenters. The summed E-state index contributed by atoms with van der Waals surface area (Å²) in [6.07, 6.45) is 2.36. The summed E-state index contributed by atoms with van der Waals surface area (Å²) in [5, 5.41) is 5.09. The highest BCUT2D eigenvalue weighted by Crippen LogP contribution is 2.40. The van der Waals surface area contributed by atoms with Gasteiger partial charge in [0.2, 0.25) is 0 Å². The standard InChI is InChI=1S/C62H41NS/c1-4-13-43(14-5-1)45-24-28-47(29-25-45)55(48-30-26-46(27-31-48)44-15-6-2-7-16-44)37-42-23-35-61-57(38-42)58-41-52(33-36-62(58)64-61)50-18-12-17-49(39-50)51-32-34-60-56(40-51)54-21-10-11-22-59(54)63(60)53-19-8-3-9-20-53/h1-41H. The molecule has 2 heterocycles. The lowest BCUT2D eigenvalue weighted by molar-refractivity contribution is 1.18. The van der Waals surface area contributed by atoms with E-state index in [0.29, 0.717) is 0 Å². The second kappa shape index (κ2) is 16.0. The molecule has 0 aliphatic carbocycles. The Morgan fingerprint density at radius 3 is 1.41 bits per heavy atom. The lowest BCUT2D eigenvalue weighted by Crippen LogP contribution is -1.92. The summed E-state index contributed by atoms with van der Waals surface area (Å²) in [4.78, 5) is 0. The van der Waals surface area contributed by atoms with Crippen LogP contribution in [0.25, 0.3) is 104 Å². The van der Waals surface area contributed by atoms with Crippen LogP contribution in [0.3, 0.4) is 0 Å². The third kappa shape index (κ3) is 6.91. The molecule has 2 heteroatoms. The molecule has 10 aromatic carbocycles. The maximum atomic E-state index is 2.39. The van der Waals surface area contributed by atoms with Crippen molar-refractivity contribution in [1.82, 2.24) is 4.57 Å². The van der Waals surface area contributed by atoms with Gasteiger partial charge in [0.1, 0.15) is 0 Å². The molecule has 1 nitrogen and oxygen atoms in total. The molecule has 0 N–H and O–H groups in total. The van der Waals surface area contributed by atoms with Crippen LogP contribution in [-0.2, 0) is 0 Å². The van der Waals surface area contributed by atoms with E-state index in [1.54, 1.807) is 0 Å². The number of nitrogens with zero attached hydrogens (tertiary/aromatic N) is 1. The maximum Gasteiger partial charge on any atom is 0.0541 e. The van der Waals surface area contributed by atoms with Gasteiger partial charge in [-0.25, -0.2) is 0 Å². The average Bonchev–Trinajstić information content (AvgIpc) is 3.91. The van der Waals surface area contributed by atoms with Crippen LogP contribution in [-0.4, -0.2) is 4.57 Å². The number of fused-ring (bicyclic) bond motifs is 6. The Hall–Kier alpha value is -8.04. The van der Waals surface area contributed by atoms with Crippen molar-refractivity contribution in [2.45, 2.75) is 0 Å². The van der Waals surface area contributed by atoms with E-state index in [1.807, 2.05) is 11.3 Å². The topological polar surface area (TPSA) is 4.93 Å². The Kier molecular flexibility index (Phi) is 9.43. The van der Waals surface area contributed by atoms with Crippen molar-refractivity contribution >= 4 is 65.0 Å². The normalized spacial score (nSPS) is 11.4. The molecule has 64 heavy (non-hydrogen) atoms. The molecule has 0 fully saturated rings. The zero-order valence-corrected chi connectivity index (χ0v) is 35.8. The Morgan fingerprint density at radius 2 is 0.766 bits per heavy atom. The molecule has 0 radical (unpaired) electrons. The Balaban J connectivity index is 0.918. The second-order valence-electron chi connectivity index (χ2n) is 16.5. The molecule has 0 saturated carbocycles. The largest absolute Gasteiger partial charge is 0.309 e. The summed E-state index contributed by atoms with van der Waals surface area (Å²) < 4.78 is 4.96. The smallest absolute Gasteiger partial charge is 0.0541 e. The van der Waals surface area contributed by atoms with Crippen LogP contribution < -0.4 is 0 Å². The van der Waals surface area contributed by atoms with Crippen molar-refractivity contribution in [2.75, 3.05) is 0 Å². The first-order chi connectivity index (χ1) is 31.7. The molecule has 12 aromatic rings. The lowest BCUT2D eigenvalue weighted by atomic mass is 9.92. The summed E-state index contributed by atoms with van der Waals surface area (Å²) >= 11 is 1.86. The second-order valence-corrected chi connectivity index (χ2v) is 17.6. The third-order valence-corrected chi connectivity index (χ3v) is 13.8. The van der Waals surface area contributed by atoms with Gasteiger partial charge in [0.25, 0.3) is 0 Å². The minimum atomic E-state index is 1.17. The van der Waals surface area contributed by atoms with Crippen molar-refractivity contribution in [3.05, 3.63) is 259 Å². The van der Waals surface area contributed by atoms with Crippen LogP contribution in [0.2, 0.25) is 0 Å². The molecule has 0 aliphatic heterocycles. The number of para-hydroxylation sites is 2. The lowest BCUT2D eigenvalue weighted by Gasteiger charge is -2.12. The minimum absolute atomic E-state index is 1.17. The quantitative estimate of drug-likeness (QED) is 0.134. The van der Waals surface area contributed by atoms with E-state index >= 15 is 0 Å². The van der Waals surface area contributed by atoms with Crippen LogP contribution >= 0.6 is 11.3 Å². The predicted molar refractivity (Wildman–Crippen MR) is 275 cm³/mol. The van der Waals surface area contributed by atoms with Crippen LogP contribution in [0.4, 0.5) is 0 Å². The average molecular weight is 832 g/mol. The highest BCUT2D eigenvalue weighted by molar-refractivity contribution is 7.25. The van der Waals surface area contributed by atoms with E-state index in [0.717, 1.165) is 0 Å². The van der Waals surface area contributed by atoms with Gasteiger partial charge in [0.15, 0.2) is 0 Å². The third-order valence-electron chi connectivity index (χ3n) is 12.6. The molecule has 2 aromatic heterocycles. The van der Waals surface area contributed by atoms with Crippen LogP contribution in [0.5, 0.6) is 0 Å². The Labute approximate surface area is 377 Å². The molecule has 0 unspecified atom stereocenters. The fourth-order valence-electron chi connectivity index (χ4n) is 9.40. The molecule has 0 bridgehead atoms.